The highest BCUT2D eigenvalue weighted by atomic mass is 32.2. The molecule has 7 nitrogen and oxygen atoms in total. The van der Waals surface area contributed by atoms with Crippen LogP contribution in [0.3, 0.4) is 0 Å². The van der Waals surface area contributed by atoms with Crippen LogP contribution in [-0.4, -0.2) is 31.1 Å². The van der Waals surface area contributed by atoms with E-state index in [9.17, 15) is 13.2 Å². The van der Waals surface area contributed by atoms with Crippen LogP contribution >= 0.6 is 11.3 Å². The number of aromatic nitrogens is 2. The summed E-state index contributed by atoms with van der Waals surface area (Å²) < 4.78 is 31.1. The van der Waals surface area contributed by atoms with Crippen LogP contribution in [0.5, 0.6) is 10.9 Å². The van der Waals surface area contributed by atoms with Crippen molar-refractivity contribution in [1.82, 2.24) is 15.5 Å². The van der Waals surface area contributed by atoms with Crippen molar-refractivity contribution in [3.63, 3.8) is 0 Å². The van der Waals surface area contributed by atoms with E-state index >= 15 is 0 Å². The van der Waals surface area contributed by atoms with Gasteiger partial charge in [-0.1, -0.05) is 36.3 Å². The number of benzene rings is 2. The van der Waals surface area contributed by atoms with Gasteiger partial charge in [0.2, 0.25) is 14.2 Å². The molecule has 0 spiro atoms. The summed E-state index contributed by atoms with van der Waals surface area (Å²) in [6, 6.07) is 12.3. The van der Waals surface area contributed by atoms with Crippen LogP contribution in [0.15, 0.2) is 46.8 Å². The topological polar surface area (TPSA) is 98.2 Å². The Morgan fingerprint density at radius 2 is 1.83 bits per heavy atom. The fourth-order valence-electron chi connectivity index (χ4n) is 2.65. The predicted molar refractivity (Wildman–Crippen MR) is 116 cm³/mol. The van der Waals surface area contributed by atoms with Crippen molar-refractivity contribution in [2.24, 2.45) is 0 Å². The summed E-state index contributed by atoms with van der Waals surface area (Å²) in [6.07, 6.45) is 0.846. The molecular formula is C21H23N3O4S2. The molecular weight excluding hydrogens is 422 g/mol. The Kier molecular flexibility index (Phi) is 6.84. The molecule has 1 N–H and O–H groups in total. The largest absolute Gasteiger partial charge is 0.429 e. The first-order valence-corrected chi connectivity index (χ1v) is 11.9. The third-order valence-corrected chi connectivity index (χ3v) is 7.24. The first kappa shape index (κ1) is 21.9. The summed E-state index contributed by atoms with van der Waals surface area (Å²) in [6.45, 7) is 6.42. The maximum atomic E-state index is 12.7. The molecule has 0 aliphatic heterocycles. The van der Waals surface area contributed by atoms with E-state index in [-0.39, 0.29) is 21.2 Å². The van der Waals surface area contributed by atoms with Crippen LogP contribution in [-0.2, 0) is 15.6 Å². The molecule has 1 aromatic heterocycles. The van der Waals surface area contributed by atoms with Crippen molar-refractivity contribution in [3.05, 3.63) is 64.7 Å². The van der Waals surface area contributed by atoms with Crippen molar-refractivity contribution >= 4 is 27.1 Å². The highest BCUT2D eigenvalue weighted by Gasteiger charge is 2.22. The van der Waals surface area contributed by atoms with Gasteiger partial charge in [0, 0.05) is 12.1 Å². The predicted octanol–water partition coefficient (Wildman–Crippen LogP) is 4.06. The maximum Gasteiger partial charge on any atom is 0.300 e. The smallest absolute Gasteiger partial charge is 0.300 e. The number of carbonyl (C=O) groups is 1. The van der Waals surface area contributed by atoms with Crippen LogP contribution in [0.1, 0.15) is 40.4 Å². The third kappa shape index (κ3) is 5.43. The summed E-state index contributed by atoms with van der Waals surface area (Å²) in [5.41, 5.74) is 3.00. The lowest BCUT2D eigenvalue weighted by Gasteiger charge is -2.06. The molecule has 0 fully saturated rings. The van der Waals surface area contributed by atoms with Gasteiger partial charge in [-0.2, -0.15) is 0 Å². The van der Waals surface area contributed by atoms with Crippen molar-refractivity contribution in [2.75, 3.05) is 6.54 Å². The first-order valence-electron chi connectivity index (χ1n) is 9.47. The number of nitrogens with one attached hydrogen (secondary N) is 1. The minimum absolute atomic E-state index is 0.104. The zero-order valence-electron chi connectivity index (χ0n) is 17.0. The van der Waals surface area contributed by atoms with Gasteiger partial charge in [-0.05, 0) is 66.5 Å². The second-order valence-electron chi connectivity index (χ2n) is 6.92. The number of hydrogen-bond donors (Lipinski definition) is 1. The van der Waals surface area contributed by atoms with E-state index in [0.29, 0.717) is 23.4 Å². The minimum Gasteiger partial charge on any atom is -0.429 e. The number of ether oxygens (including phenoxy) is 1. The van der Waals surface area contributed by atoms with E-state index in [1.165, 1.54) is 0 Å². The molecule has 0 saturated heterocycles. The Morgan fingerprint density at radius 3 is 2.53 bits per heavy atom. The van der Waals surface area contributed by atoms with E-state index in [4.69, 9.17) is 4.74 Å². The SMILES string of the molecule is CCCNC(=O)c1ccc(CS(=O)(=O)c2nnc(Oc3cc(C)ccc3C)s2)cc1. The molecule has 2 aromatic carbocycles. The van der Waals surface area contributed by atoms with Crippen LogP contribution in [0, 0.1) is 13.8 Å². The molecule has 9 heteroatoms. The van der Waals surface area contributed by atoms with Crippen molar-refractivity contribution in [3.8, 4) is 10.9 Å². The van der Waals surface area contributed by atoms with Crippen LogP contribution in [0.4, 0.5) is 0 Å². The summed E-state index contributed by atoms with van der Waals surface area (Å²) in [4.78, 5) is 12.0. The Bertz CT molecular complexity index is 1140. The number of carbonyl (C=O) groups excluding carboxylic acids is 1. The van der Waals surface area contributed by atoms with Crippen LogP contribution in [0.2, 0.25) is 0 Å². The molecule has 158 valence electrons. The zero-order valence-corrected chi connectivity index (χ0v) is 18.6. The Morgan fingerprint density at radius 1 is 1.10 bits per heavy atom. The van der Waals surface area contributed by atoms with E-state index in [2.05, 4.69) is 15.5 Å². The number of sulfone groups is 1. The zero-order chi connectivity index (χ0) is 21.7. The molecule has 1 amide bonds. The molecule has 0 atom stereocenters. The first-order chi connectivity index (χ1) is 14.3. The average Bonchev–Trinajstić information content (AvgIpc) is 3.19. The van der Waals surface area contributed by atoms with Gasteiger partial charge in [0.05, 0.1) is 5.75 Å². The molecule has 0 radical (unpaired) electrons. The third-order valence-electron chi connectivity index (χ3n) is 4.30. The lowest BCUT2D eigenvalue weighted by molar-refractivity contribution is 0.0953. The van der Waals surface area contributed by atoms with Crippen molar-refractivity contribution in [1.29, 1.82) is 0 Å². The lowest BCUT2D eigenvalue weighted by Crippen LogP contribution is -2.23. The quantitative estimate of drug-likeness (QED) is 0.561. The Labute approximate surface area is 180 Å². The molecule has 3 aromatic rings. The standard InChI is InChI=1S/C21H23N3O4S2/c1-4-11-22-19(25)17-9-7-16(8-10-17)13-30(26,27)21-24-23-20(29-21)28-18-12-14(2)5-6-15(18)3/h5-10,12H,4,11,13H2,1-3H3,(H,22,25). The van der Waals surface area contributed by atoms with Crippen molar-refractivity contribution in [2.45, 2.75) is 37.3 Å². The molecule has 30 heavy (non-hydrogen) atoms. The van der Waals surface area contributed by atoms with E-state index in [1.807, 2.05) is 39.0 Å². The van der Waals surface area contributed by atoms with Crippen LogP contribution in [0.25, 0.3) is 0 Å². The molecule has 1 heterocycles. The number of nitrogens with zero attached hydrogens (tertiary/aromatic N) is 2. The fourth-order valence-corrected chi connectivity index (χ4v) is 4.91. The van der Waals surface area contributed by atoms with Gasteiger partial charge >= 0.3 is 5.19 Å². The second-order valence-corrected chi connectivity index (χ2v) is 10.0. The van der Waals surface area contributed by atoms with Gasteiger partial charge in [0.25, 0.3) is 5.91 Å². The molecule has 0 unspecified atom stereocenters. The lowest BCUT2D eigenvalue weighted by atomic mass is 10.1. The molecule has 0 bridgehead atoms. The normalized spacial score (nSPS) is 11.3. The summed E-state index contributed by atoms with van der Waals surface area (Å²) >= 11 is 0.889. The Hall–Kier alpha value is -2.78. The van der Waals surface area contributed by atoms with Crippen LogP contribution < -0.4 is 10.1 Å². The minimum atomic E-state index is -3.69. The van der Waals surface area contributed by atoms with Crippen molar-refractivity contribution < 1.29 is 17.9 Å². The summed E-state index contributed by atoms with van der Waals surface area (Å²) in [5, 5.41) is 10.6. The van der Waals surface area contributed by atoms with Gasteiger partial charge in [-0.25, -0.2) is 8.42 Å². The second kappa shape index (κ2) is 9.36. The average molecular weight is 446 g/mol. The van der Waals surface area contributed by atoms with Gasteiger partial charge in [0.15, 0.2) is 0 Å². The van der Waals surface area contributed by atoms with Gasteiger partial charge in [0.1, 0.15) is 5.75 Å². The summed E-state index contributed by atoms with van der Waals surface area (Å²) in [7, 11) is -3.69. The van der Waals surface area contributed by atoms with Gasteiger partial charge in [-0.3, -0.25) is 4.79 Å². The Balaban J connectivity index is 1.70. The maximum absolute atomic E-state index is 12.7. The number of hydrogen-bond acceptors (Lipinski definition) is 7. The van der Waals surface area contributed by atoms with E-state index in [0.717, 1.165) is 28.9 Å². The van der Waals surface area contributed by atoms with Gasteiger partial charge < -0.3 is 10.1 Å². The highest BCUT2D eigenvalue weighted by molar-refractivity contribution is 7.92. The molecule has 3 rings (SSSR count). The number of amides is 1. The number of rotatable bonds is 8. The van der Waals surface area contributed by atoms with Gasteiger partial charge in [-0.15, -0.1) is 5.10 Å². The fraction of sp³-hybridized carbons (Fsp3) is 0.286. The monoisotopic (exact) mass is 445 g/mol. The van der Waals surface area contributed by atoms with E-state index in [1.54, 1.807) is 24.3 Å². The highest BCUT2D eigenvalue weighted by Crippen LogP contribution is 2.31. The van der Waals surface area contributed by atoms with E-state index < -0.39 is 9.84 Å². The summed E-state index contributed by atoms with van der Waals surface area (Å²) in [5.74, 6) is 0.206. The molecule has 0 saturated carbocycles. The molecule has 0 aliphatic carbocycles. The number of aryl methyl sites for hydroxylation is 2. The molecule has 0 aliphatic rings.